The quantitative estimate of drug-likeness (QED) is 0.792. The highest BCUT2D eigenvalue weighted by Gasteiger charge is 2.34. The van der Waals surface area contributed by atoms with E-state index < -0.39 is 17.6 Å². The number of nitrogens with zero attached hydrogens (tertiary/aromatic N) is 1. The van der Waals surface area contributed by atoms with Gasteiger partial charge in [0.1, 0.15) is 0 Å². The molecule has 0 saturated heterocycles. The van der Waals surface area contributed by atoms with Gasteiger partial charge in [0.25, 0.3) is 0 Å². The standard InChI is InChI=1S/C14H16F3N3O/c15-14(16,17)11-8-10(9-19)5-6-12(11)20-13(21)4-2-1-3-7-18/h5-6,8H,1-4,7,18H2,(H,20,21). The molecule has 21 heavy (non-hydrogen) atoms. The van der Waals surface area contributed by atoms with Crippen LogP contribution in [-0.4, -0.2) is 12.5 Å². The Labute approximate surface area is 120 Å². The summed E-state index contributed by atoms with van der Waals surface area (Å²) in [4.78, 5) is 11.6. The number of nitrogens with one attached hydrogen (secondary N) is 1. The van der Waals surface area contributed by atoms with Crippen molar-refractivity contribution in [3.05, 3.63) is 29.3 Å². The number of hydrogen-bond acceptors (Lipinski definition) is 3. The van der Waals surface area contributed by atoms with Crippen molar-refractivity contribution in [3.8, 4) is 6.07 Å². The summed E-state index contributed by atoms with van der Waals surface area (Å²) >= 11 is 0. The van der Waals surface area contributed by atoms with E-state index in [1.54, 1.807) is 6.07 Å². The maximum absolute atomic E-state index is 12.9. The van der Waals surface area contributed by atoms with Crippen LogP contribution in [-0.2, 0) is 11.0 Å². The minimum atomic E-state index is -4.63. The number of rotatable bonds is 6. The molecular weight excluding hydrogens is 283 g/mol. The lowest BCUT2D eigenvalue weighted by molar-refractivity contribution is -0.137. The Bertz CT molecular complexity index is 535. The second-order valence-corrected chi connectivity index (χ2v) is 4.52. The van der Waals surface area contributed by atoms with Crippen LogP contribution in [0.5, 0.6) is 0 Å². The number of amides is 1. The molecule has 0 saturated carbocycles. The number of halogens is 3. The third-order valence-corrected chi connectivity index (χ3v) is 2.84. The Morgan fingerprint density at radius 3 is 2.57 bits per heavy atom. The number of alkyl halides is 3. The fourth-order valence-corrected chi connectivity index (χ4v) is 1.78. The van der Waals surface area contributed by atoms with E-state index in [0.29, 0.717) is 13.0 Å². The number of anilines is 1. The summed E-state index contributed by atoms with van der Waals surface area (Å²) in [6.07, 6.45) is -2.39. The molecule has 0 aliphatic heterocycles. The van der Waals surface area contributed by atoms with Gasteiger partial charge in [0.05, 0.1) is 22.9 Å². The molecule has 0 bridgehead atoms. The Morgan fingerprint density at radius 1 is 1.29 bits per heavy atom. The molecule has 0 atom stereocenters. The minimum absolute atomic E-state index is 0.108. The van der Waals surface area contributed by atoms with Crippen LogP contribution in [0.1, 0.15) is 36.8 Å². The van der Waals surface area contributed by atoms with Gasteiger partial charge in [0, 0.05) is 6.42 Å². The number of nitrogens with two attached hydrogens (primary N) is 1. The highest BCUT2D eigenvalue weighted by Crippen LogP contribution is 2.35. The topological polar surface area (TPSA) is 78.9 Å². The lowest BCUT2D eigenvalue weighted by Gasteiger charge is -2.14. The van der Waals surface area contributed by atoms with Gasteiger partial charge in [-0.3, -0.25) is 4.79 Å². The summed E-state index contributed by atoms with van der Waals surface area (Å²) in [6.45, 7) is 0.523. The fourth-order valence-electron chi connectivity index (χ4n) is 1.78. The van der Waals surface area contributed by atoms with Crippen LogP contribution in [0, 0.1) is 11.3 Å². The van der Waals surface area contributed by atoms with Gasteiger partial charge in [-0.25, -0.2) is 0 Å². The van der Waals surface area contributed by atoms with Gasteiger partial charge < -0.3 is 11.1 Å². The maximum Gasteiger partial charge on any atom is 0.418 e. The highest BCUT2D eigenvalue weighted by molar-refractivity contribution is 5.91. The van der Waals surface area contributed by atoms with Crippen molar-refractivity contribution >= 4 is 11.6 Å². The van der Waals surface area contributed by atoms with Crippen LogP contribution < -0.4 is 11.1 Å². The third kappa shape index (κ3) is 5.44. The van der Waals surface area contributed by atoms with Gasteiger partial charge in [-0.1, -0.05) is 6.42 Å². The van der Waals surface area contributed by atoms with Crippen LogP contribution >= 0.6 is 0 Å². The molecule has 1 aromatic rings. The molecule has 0 aromatic heterocycles. The molecule has 1 rings (SSSR count). The summed E-state index contributed by atoms with van der Waals surface area (Å²) in [7, 11) is 0. The highest BCUT2D eigenvalue weighted by atomic mass is 19.4. The van der Waals surface area contributed by atoms with Crippen molar-refractivity contribution < 1.29 is 18.0 Å². The van der Waals surface area contributed by atoms with E-state index in [-0.39, 0.29) is 17.7 Å². The van der Waals surface area contributed by atoms with Gasteiger partial charge in [0.2, 0.25) is 5.91 Å². The Kier molecular flexibility index (Phi) is 6.18. The van der Waals surface area contributed by atoms with Gasteiger partial charge in [-0.15, -0.1) is 0 Å². The molecule has 0 radical (unpaired) electrons. The van der Waals surface area contributed by atoms with Crippen LogP contribution in [0.3, 0.4) is 0 Å². The van der Waals surface area contributed by atoms with Crippen LogP contribution in [0.25, 0.3) is 0 Å². The lowest BCUT2D eigenvalue weighted by Crippen LogP contribution is -2.16. The molecule has 0 aliphatic carbocycles. The number of hydrogen-bond donors (Lipinski definition) is 2. The van der Waals surface area contributed by atoms with Gasteiger partial charge in [0.15, 0.2) is 0 Å². The summed E-state index contributed by atoms with van der Waals surface area (Å²) in [6, 6.07) is 4.70. The van der Waals surface area contributed by atoms with Crippen molar-refractivity contribution in [2.24, 2.45) is 5.73 Å². The lowest BCUT2D eigenvalue weighted by atomic mass is 10.1. The second-order valence-electron chi connectivity index (χ2n) is 4.52. The molecule has 4 nitrogen and oxygen atoms in total. The van der Waals surface area contributed by atoms with Gasteiger partial charge >= 0.3 is 6.18 Å². The van der Waals surface area contributed by atoms with Crippen molar-refractivity contribution in [1.82, 2.24) is 0 Å². The predicted molar refractivity (Wildman–Crippen MR) is 72.3 cm³/mol. The monoisotopic (exact) mass is 299 g/mol. The first-order valence-electron chi connectivity index (χ1n) is 6.49. The van der Waals surface area contributed by atoms with E-state index in [0.717, 1.165) is 25.0 Å². The normalized spacial score (nSPS) is 11.0. The number of carbonyl (C=O) groups is 1. The zero-order chi connectivity index (χ0) is 15.9. The van der Waals surface area contributed by atoms with E-state index in [2.05, 4.69) is 5.32 Å². The molecule has 0 unspecified atom stereocenters. The molecule has 1 amide bonds. The van der Waals surface area contributed by atoms with E-state index in [9.17, 15) is 18.0 Å². The van der Waals surface area contributed by atoms with Gasteiger partial charge in [-0.05, 0) is 37.6 Å². The molecular formula is C14H16F3N3O. The van der Waals surface area contributed by atoms with Gasteiger partial charge in [-0.2, -0.15) is 18.4 Å². The molecule has 3 N–H and O–H groups in total. The maximum atomic E-state index is 12.9. The molecule has 114 valence electrons. The van der Waals surface area contributed by atoms with Crippen molar-refractivity contribution in [1.29, 1.82) is 5.26 Å². The van der Waals surface area contributed by atoms with Crippen molar-refractivity contribution in [3.63, 3.8) is 0 Å². The zero-order valence-electron chi connectivity index (χ0n) is 11.3. The van der Waals surface area contributed by atoms with E-state index in [4.69, 9.17) is 11.0 Å². The molecule has 7 heteroatoms. The van der Waals surface area contributed by atoms with Crippen molar-refractivity contribution in [2.75, 3.05) is 11.9 Å². The number of carbonyl (C=O) groups excluding carboxylic acids is 1. The number of benzene rings is 1. The predicted octanol–water partition coefficient (Wildman–Crippen LogP) is 3.03. The van der Waals surface area contributed by atoms with Crippen LogP contribution in [0.2, 0.25) is 0 Å². The minimum Gasteiger partial charge on any atom is -0.330 e. The summed E-state index contributed by atoms with van der Waals surface area (Å²) in [5.41, 5.74) is 3.86. The fraction of sp³-hybridized carbons (Fsp3) is 0.429. The first kappa shape index (κ1) is 17.0. The Balaban J connectivity index is 2.79. The SMILES string of the molecule is N#Cc1ccc(NC(=O)CCCCCN)c(C(F)(F)F)c1. The van der Waals surface area contributed by atoms with Crippen LogP contribution in [0.15, 0.2) is 18.2 Å². The molecule has 0 fully saturated rings. The average Bonchev–Trinajstić information content (AvgIpc) is 2.43. The summed E-state index contributed by atoms with van der Waals surface area (Å²) in [5.74, 6) is -0.484. The van der Waals surface area contributed by atoms with Crippen LogP contribution in [0.4, 0.5) is 18.9 Å². The first-order chi connectivity index (χ1) is 9.88. The average molecular weight is 299 g/mol. The number of nitriles is 1. The second kappa shape index (κ2) is 7.64. The first-order valence-corrected chi connectivity index (χ1v) is 6.49. The van der Waals surface area contributed by atoms with E-state index in [1.807, 2.05) is 0 Å². The third-order valence-electron chi connectivity index (χ3n) is 2.84. The Hall–Kier alpha value is -2.07. The van der Waals surface area contributed by atoms with E-state index >= 15 is 0 Å². The smallest absolute Gasteiger partial charge is 0.330 e. The summed E-state index contributed by atoms with van der Waals surface area (Å²) in [5, 5.41) is 10.9. The van der Waals surface area contributed by atoms with Crippen molar-refractivity contribution in [2.45, 2.75) is 31.9 Å². The molecule has 0 heterocycles. The molecule has 0 spiro atoms. The molecule has 1 aromatic carbocycles. The summed E-state index contributed by atoms with van der Waals surface area (Å²) < 4.78 is 38.7. The zero-order valence-corrected chi connectivity index (χ0v) is 11.3. The largest absolute Gasteiger partial charge is 0.418 e. The van der Waals surface area contributed by atoms with E-state index in [1.165, 1.54) is 6.07 Å². The molecule has 0 aliphatic rings. The number of unbranched alkanes of at least 4 members (excludes halogenated alkanes) is 2. The Morgan fingerprint density at radius 2 is 2.00 bits per heavy atom.